The molecular formula is C14H20ClNO. The van der Waals surface area contributed by atoms with Gasteiger partial charge in [0.25, 0.3) is 0 Å². The van der Waals surface area contributed by atoms with Gasteiger partial charge in [0.1, 0.15) is 0 Å². The summed E-state index contributed by atoms with van der Waals surface area (Å²) in [6, 6.07) is 6.43. The van der Waals surface area contributed by atoms with Crippen LogP contribution in [0.1, 0.15) is 37.7 Å². The monoisotopic (exact) mass is 253 g/mol. The normalized spacial score (nSPS) is 17.1. The molecule has 0 atom stereocenters. The lowest BCUT2D eigenvalue weighted by Gasteiger charge is -2.34. The average molecular weight is 254 g/mol. The van der Waals surface area contributed by atoms with E-state index in [1.807, 2.05) is 18.2 Å². The number of hydrogen-bond acceptors (Lipinski definition) is 2. The van der Waals surface area contributed by atoms with Crippen molar-refractivity contribution in [3.63, 3.8) is 0 Å². The van der Waals surface area contributed by atoms with E-state index in [-0.39, 0.29) is 6.61 Å². The molecule has 1 aliphatic carbocycles. The Hall–Kier alpha value is -0.730. The van der Waals surface area contributed by atoms with E-state index in [0.29, 0.717) is 11.1 Å². The fourth-order valence-electron chi connectivity index (χ4n) is 2.70. The molecule has 1 aromatic rings. The van der Waals surface area contributed by atoms with E-state index in [0.717, 1.165) is 11.3 Å². The maximum atomic E-state index is 9.44. The summed E-state index contributed by atoms with van der Waals surface area (Å²) in [6.07, 6.45) is 6.46. The van der Waals surface area contributed by atoms with E-state index in [2.05, 4.69) is 11.9 Å². The van der Waals surface area contributed by atoms with Crippen molar-refractivity contribution in [3.05, 3.63) is 28.8 Å². The van der Waals surface area contributed by atoms with Crippen molar-refractivity contribution in [1.82, 2.24) is 0 Å². The predicted octanol–water partition coefficient (Wildman–Crippen LogP) is 3.60. The number of aliphatic hydroxyl groups excluding tert-OH is 1. The Balaban J connectivity index is 2.23. The number of hydrogen-bond donors (Lipinski definition) is 1. The third-order valence-electron chi connectivity index (χ3n) is 3.75. The standard InChI is InChI=1S/C14H20ClNO/c1-16(11-6-3-2-4-7-11)14-9-5-8-13(15)12(14)10-17/h5,8-9,11,17H,2-4,6-7,10H2,1H3. The van der Waals surface area contributed by atoms with Crippen LogP contribution in [0, 0.1) is 0 Å². The molecule has 0 radical (unpaired) electrons. The van der Waals surface area contributed by atoms with E-state index < -0.39 is 0 Å². The molecule has 0 aliphatic heterocycles. The van der Waals surface area contributed by atoms with Crippen molar-refractivity contribution >= 4 is 17.3 Å². The molecule has 94 valence electrons. The Labute approximate surface area is 108 Å². The fourth-order valence-corrected chi connectivity index (χ4v) is 2.93. The number of anilines is 1. The molecule has 0 saturated heterocycles. The van der Waals surface area contributed by atoms with Crippen LogP contribution >= 0.6 is 11.6 Å². The maximum absolute atomic E-state index is 9.44. The van der Waals surface area contributed by atoms with Gasteiger partial charge in [0.2, 0.25) is 0 Å². The highest BCUT2D eigenvalue weighted by Gasteiger charge is 2.20. The summed E-state index contributed by atoms with van der Waals surface area (Å²) in [7, 11) is 2.11. The molecule has 2 nitrogen and oxygen atoms in total. The highest BCUT2D eigenvalue weighted by Crippen LogP contribution is 2.31. The summed E-state index contributed by atoms with van der Waals surface area (Å²) in [6.45, 7) is 0.00602. The molecule has 0 amide bonds. The molecule has 0 heterocycles. The molecule has 2 rings (SSSR count). The molecule has 0 bridgehead atoms. The molecule has 0 spiro atoms. The van der Waals surface area contributed by atoms with Gasteiger partial charge in [-0.05, 0) is 25.0 Å². The van der Waals surface area contributed by atoms with Crippen LogP contribution in [0.15, 0.2) is 18.2 Å². The molecule has 1 fully saturated rings. The van der Waals surface area contributed by atoms with Gasteiger partial charge >= 0.3 is 0 Å². The van der Waals surface area contributed by atoms with Gasteiger partial charge in [-0.1, -0.05) is 36.9 Å². The number of halogens is 1. The van der Waals surface area contributed by atoms with Crippen molar-refractivity contribution in [2.45, 2.75) is 44.8 Å². The van der Waals surface area contributed by atoms with Gasteiger partial charge in [0.15, 0.2) is 0 Å². The number of nitrogens with zero attached hydrogens (tertiary/aromatic N) is 1. The Morgan fingerprint density at radius 1 is 1.29 bits per heavy atom. The van der Waals surface area contributed by atoms with Gasteiger partial charge in [-0.3, -0.25) is 0 Å². The maximum Gasteiger partial charge on any atom is 0.0716 e. The third kappa shape index (κ3) is 2.75. The summed E-state index contributed by atoms with van der Waals surface area (Å²) in [5, 5.41) is 10.1. The molecule has 17 heavy (non-hydrogen) atoms. The zero-order valence-corrected chi connectivity index (χ0v) is 11.1. The van der Waals surface area contributed by atoms with Crippen LogP contribution in [0.3, 0.4) is 0 Å². The summed E-state index contributed by atoms with van der Waals surface area (Å²) < 4.78 is 0. The smallest absolute Gasteiger partial charge is 0.0716 e. The number of aliphatic hydroxyl groups is 1. The first-order chi connectivity index (χ1) is 8.24. The molecule has 1 saturated carbocycles. The van der Waals surface area contributed by atoms with Gasteiger partial charge in [-0.25, -0.2) is 0 Å². The van der Waals surface area contributed by atoms with E-state index in [4.69, 9.17) is 11.6 Å². The third-order valence-corrected chi connectivity index (χ3v) is 4.11. The van der Waals surface area contributed by atoms with Crippen molar-refractivity contribution in [2.75, 3.05) is 11.9 Å². The van der Waals surface area contributed by atoms with Gasteiger partial charge in [-0.2, -0.15) is 0 Å². The van der Waals surface area contributed by atoms with Crippen LogP contribution in [0.4, 0.5) is 5.69 Å². The lowest BCUT2D eigenvalue weighted by atomic mass is 9.94. The molecular weight excluding hydrogens is 234 g/mol. The number of rotatable bonds is 3. The summed E-state index contributed by atoms with van der Waals surface area (Å²) in [5.41, 5.74) is 1.93. The lowest BCUT2D eigenvalue weighted by Crippen LogP contribution is -2.34. The summed E-state index contributed by atoms with van der Waals surface area (Å²) in [5.74, 6) is 0. The molecule has 1 aliphatic rings. The van der Waals surface area contributed by atoms with Gasteiger partial charge in [-0.15, -0.1) is 0 Å². The quantitative estimate of drug-likeness (QED) is 0.890. The van der Waals surface area contributed by atoms with Crippen molar-refractivity contribution in [1.29, 1.82) is 0 Å². The topological polar surface area (TPSA) is 23.5 Å². The van der Waals surface area contributed by atoms with Crippen molar-refractivity contribution in [3.8, 4) is 0 Å². The van der Waals surface area contributed by atoms with Crippen LogP contribution < -0.4 is 4.90 Å². The van der Waals surface area contributed by atoms with Gasteiger partial charge < -0.3 is 10.0 Å². The molecule has 3 heteroatoms. The highest BCUT2D eigenvalue weighted by atomic mass is 35.5. The van der Waals surface area contributed by atoms with E-state index in [1.54, 1.807) is 0 Å². The second-order valence-electron chi connectivity index (χ2n) is 4.80. The molecule has 1 N–H and O–H groups in total. The first-order valence-electron chi connectivity index (χ1n) is 6.35. The van der Waals surface area contributed by atoms with Crippen LogP contribution in [-0.2, 0) is 6.61 Å². The SMILES string of the molecule is CN(c1cccc(Cl)c1CO)C1CCCCC1. The van der Waals surface area contributed by atoms with E-state index in [9.17, 15) is 5.11 Å². The van der Waals surface area contributed by atoms with E-state index in [1.165, 1.54) is 32.1 Å². The molecule has 0 unspecified atom stereocenters. The van der Waals surface area contributed by atoms with Gasteiger partial charge in [0, 0.05) is 29.4 Å². The number of benzene rings is 1. The van der Waals surface area contributed by atoms with Crippen molar-refractivity contribution in [2.24, 2.45) is 0 Å². The van der Waals surface area contributed by atoms with Crippen molar-refractivity contribution < 1.29 is 5.11 Å². The lowest BCUT2D eigenvalue weighted by molar-refractivity contribution is 0.281. The first-order valence-corrected chi connectivity index (χ1v) is 6.73. The first kappa shape index (κ1) is 12.7. The van der Waals surface area contributed by atoms with Crippen LogP contribution in [0.25, 0.3) is 0 Å². The zero-order valence-electron chi connectivity index (χ0n) is 10.3. The average Bonchev–Trinajstić information content (AvgIpc) is 2.38. The predicted molar refractivity (Wildman–Crippen MR) is 72.7 cm³/mol. The van der Waals surface area contributed by atoms with Crippen LogP contribution in [0.5, 0.6) is 0 Å². The van der Waals surface area contributed by atoms with E-state index >= 15 is 0 Å². The Morgan fingerprint density at radius 2 is 2.00 bits per heavy atom. The Morgan fingerprint density at radius 3 is 2.65 bits per heavy atom. The second kappa shape index (κ2) is 5.74. The molecule has 1 aromatic carbocycles. The Kier molecular flexibility index (Phi) is 4.30. The highest BCUT2D eigenvalue weighted by molar-refractivity contribution is 6.31. The minimum absolute atomic E-state index is 0.00602. The minimum Gasteiger partial charge on any atom is -0.392 e. The minimum atomic E-state index is 0.00602. The summed E-state index contributed by atoms with van der Waals surface area (Å²) >= 11 is 6.13. The largest absolute Gasteiger partial charge is 0.392 e. The summed E-state index contributed by atoms with van der Waals surface area (Å²) in [4.78, 5) is 2.29. The molecule has 0 aromatic heterocycles. The van der Waals surface area contributed by atoms with Gasteiger partial charge in [0.05, 0.1) is 6.61 Å². The second-order valence-corrected chi connectivity index (χ2v) is 5.21. The van der Waals surface area contributed by atoms with Crippen LogP contribution in [-0.4, -0.2) is 18.2 Å². The fraction of sp³-hybridized carbons (Fsp3) is 0.571. The Bertz CT molecular complexity index is 374. The zero-order chi connectivity index (χ0) is 12.3. The van der Waals surface area contributed by atoms with Crippen LogP contribution in [0.2, 0.25) is 5.02 Å².